The number of aryl methyl sites for hydroxylation is 1. The molecular weight excluding hydrogens is 404 g/mol. The molecule has 0 bridgehead atoms. The molecule has 3 aromatic carbocycles. The molecule has 1 aliphatic heterocycles. The van der Waals surface area contributed by atoms with Crippen molar-refractivity contribution in [3.8, 4) is 0 Å². The fraction of sp³-hybridized carbons (Fsp3) is 0.192. The Hall–Kier alpha value is -3.18. The third-order valence-corrected chi connectivity index (χ3v) is 7.66. The van der Waals surface area contributed by atoms with E-state index in [9.17, 15) is 8.42 Å². The molecule has 4 nitrogen and oxygen atoms in total. The van der Waals surface area contributed by atoms with Crippen molar-refractivity contribution < 1.29 is 8.42 Å². The topological polar surface area (TPSA) is 49.7 Å². The zero-order valence-electron chi connectivity index (χ0n) is 18.0. The third kappa shape index (κ3) is 3.93. The molecular formula is C26H26N2O2S. The van der Waals surface area contributed by atoms with Crippen LogP contribution in [-0.4, -0.2) is 14.1 Å². The Balaban J connectivity index is 1.69. The Kier molecular flexibility index (Phi) is 5.54. The van der Waals surface area contributed by atoms with Gasteiger partial charge in [0.05, 0.1) is 16.3 Å². The lowest BCUT2D eigenvalue weighted by Gasteiger charge is -2.26. The first-order valence-corrected chi connectivity index (χ1v) is 11.7. The Morgan fingerprint density at radius 1 is 0.903 bits per heavy atom. The molecule has 0 amide bonds. The molecule has 0 saturated heterocycles. The number of nitrogens with zero attached hydrogens (tertiary/aromatic N) is 2. The van der Waals surface area contributed by atoms with Gasteiger partial charge in [-0.3, -0.25) is 4.99 Å². The number of fused-ring (bicyclic) bond motifs is 1. The predicted molar refractivity (Wildman–Crippen MR) is 128 cm³/mol. The van der Waals surface area contributed by atoms with E-state index in [1.54, 1.807) is 30.5 Å². The van der Waals surface area contributed by atoms with E-state index in [0.29, 0.717) is 12.1 Å². The van der Waals surface area contributed by atoms with E-state index in [1.807, 2.05) is 68.5 Å². The molecule has 1 aliphatic rings. The van der Waals surface area contributed by atoms with Crippen LogP contribution in [0.5, 0.6) is 0 Å². The summed E-state index contributed by atoms with van der Waals surface area (Å²) in [6.45, 7) is 6.13. The van der Waals surface area contributed by atoms with E-state index in [4.69, 9.17) is 4.99 Å². The summed E-state index contributed by atoms with van der Waals surface area (Å²) in [6.07, 6.45) is 4.25. The first kappa shape index (κ1) is 21.1. The molecule has 0 saturated carbocycles. The summed E-state index contributed by atoms with van der Waals surface area (Å²) in [5, 5.41) is 0. The monoisotopic (exact) mass is 430 g/mol. The summed E-state index contributed by atoms with van der Waals surface area (Å²) in [5.74, 6) is 0. The number of hydrogen-bond donors (Lipinski definition) is 0. The minimum absolute atomic E-state index is 0.261. The highest BCUT2D eigenvalue weighted by Crippen LogP contribution is 2.42. The molecule has 1 heterocycles. The van der Waals surface area contributed by atoms with Gasteiger partial charge in [-0.05, 0) is 63.1 Å². The van der Waals surface area contributed by atoms with Crippen molar-refractivity contribution in [3.63, 3.8) is 0 Å². The van der Waals surface area contributed by atoms with E-state index in [-0.39, 0.29) is 10.3 Å². The van der Waals surface area contributed by atoms with Crippen LogP contribution < -0.4 is 4.31 Å². The number of rotatable bonds is 6. The van der Waals surface area contributed by atoms with Crippen molar-refractivity contribution in [1.29, 1.82) is 0 Å². The van der Waals surface area contributed by atoms with Crippen LogP contribution in [0.25, 0.3) is 0 Å². The highest BCUT2D eigenvalue weighted by atomic mass is 32.2. The highest BCUT2D eigenvalue weighted by Gasteiger charge is 2.35. The number of aliphatic imine (C=N–C) groups is 1. The third-order valence-electron chi connectivity index (χ3n) is 5.94. The lowest BCUT2D eigenvalue weighted by molar-refractivity contribution is 0.595. The molecule has 1 unspecified atom stereocenters. The molecule has 31 heavy (non-hydrogen) atoms. The Morgan fingerprint density at radius 3 is 2.26 bits per heavy atom. The Labute approximate surface area is 184 Å². The molecule has 1 atom stereocenters. The van der Waals surface area contributed by atoms with Gasteiger partial charge in [0.15, 0.2) is 0 Å². The molecule has 0 aliphatic carbocycles. The molecule has 0 fully saturated rings. The fourth-order valence-electron chi connectivity index (χ4n) is 3.88. The maximum Gasteiger partial charge on any atom is 0.268 e. The van der Waals surface area contributed by atoms with Gasteiger partial charge < -0.3 is 0 Å². The largest absolute Gasteiger partial charge is 0.268 e. The normalized spacial score (nSPS) is 18.1. The van der Waals surface area contributed by atoms with Crippen LogP contribution in [-0.2, 0) is 15.4 Å². The van der Waals surface area contributed by atoms with Crippen molar-refractivity contribution in [2.24, 2.45) is 4.99 Å². The fourth-order valence-corrected chi connectivity index (χ4v) is 5.23. The smallest absolute Gasteiger partial charge is 0.257 e. The van der Waals surface area contributed by atoms with Gasteiger partial charge in [0.25, 0.3) is 10.0 Å². The Bertz CT molecular complexity index is 1250. The average Bonchev–Trinajstić information content (AvgIpc) is 3.02. The number of allylic oxidation sites excluding steroid dienone is 1. The van der Waals surface area contributed by atoms with E-state index < -0.39 is 10.0 Å². The van der Waals surface area contributed by atoms with E-state index >= 15 is 0 Å². The van der Waals surface area contributed by atoms with Gasteiger partial charge in [0, 0.05) is 17.3 Å². The first-order valence-electron chi connectivity index (χ1n) is 10.3. The number of para-hydroxylation sites is 2. The quantitative estimate of drug-likeness (QED) is 0.470. The van der Waals surface area contributed by atoms with Crippen LogP contribution in [0, 0.1) is 6.92 Å². The van der Waals surface area contributed by atoms with Crippen LogP contribution in [0.2, 0.25) is 0 Å². The van der Waals surface area contributed by atoms with Crippen molar-refractivity contribution in [3.05, 3.63) is 102 Å². The highest BCUT2D eigenvalue weighted by molar-refractivity contribution is 7.93. The van der Waals surface area contributed by atoms with Crippen LogP contribution >= 0.6 is 0 Å². The van der Waals surface area contributed by atoms with Crippen LogP contribution in [0.1, 0.15) is 31.4 Å². The van der Waals surface area contributed by atoms with Crippen molar-refractivity contribution in [2.75, 3.05) is 4.31 Å². The number of benzene rings is 3. The van der Waals surface area contributed by atoms with Crippen molar-refractivity contribution in [2.45, 2.75) is 37.5 Å². The van der Waals surface area contributed by atoms with E-state index in [1.165, 1.54) is 9.87 Å². The molecule has 0 spiro atoms. The van der Waals surface area contributed by atoms with E-state index in [0.717, 1.165) is 17.0 Å². The van der Waals surface area contributed by atoms with Gasteiger partial charge in [0.1, 0.15) is 0 Å². The maximum atomic E-state index is 13.5. The summed E-state index contributed by atoms with van der Waals surface area (Å²) in [4.78, 5) is 4.98. The van der Waals surface area contributed by atoms with Crippen LogP contribution in [0.15, 0.2) is 101 Å². The van der Waals surface area contributed by atoms with Gasteiger partial charge in [-0.2, -0.15) is 0 Å². The number of hydrogen-bond acceptors (Lipinski definition) is 3. The van der Waals surface area contributed by atoms with Crippen LogP contribution in [0.3, 0.4) is 0 Å². The molecule has 0 radical (unpaired) electrons. The summed E-state index contributed by atoms with van der Waals surface area (Å²) < 4.78 is 28.3. The summed E-state index contributed by atoms with van der Waals surface area (Å²) in [6, 6.07) is 24.2. The lowest BCUT2D eigenvalue weighted by Crippen LogP contribution is -2.28. The van der Waals surface area contributed by atoms with Gasteiger partial charge >= 0.3 is 0 Å². The standard InChI is InChI=1S/C26H26N2O2S/c1-20-14-16-23(17-15-20)31(29,30)28(22-10-5-4-6-11-22)19-9-18-26(3)21(2)27-25-13-8-7-12-24(25)26/h4-17,19H,18H2,1-3H3/b19-9+. The van der Waals surface area contributed by atoms with Gasteiger partial charge in [-0.25, -0.2) is 12.7 Å². The zero-order valence-corrected chi connectivity index (χ0v) is 18.8. The summed E-state index contributed by atoms with van der Waals surface area (Å²) >= 11 is 0. The molecule has 5 heteroatoms. The first-order chi connectivity index (χ1) is 14.8. The minimum Gasteiger partial charge on any atom is -0.257 e. The number of anilines is 1. The molecule has 3 aromatic rings. The molecule has 158 valence electrons. The molecule has 0 aromatic heterocycles. The zero-order chi connectivity index (χ0) is 22.1. The second kappa shape index (κ2) is 8.16. The Morgan fingerprint density at radius 2 is 1.55 bits per heavy atom. The summed E-state index contributed by atoms with van der Waals surface area (Å²) in [5.41, 5.74) is 4.55. The van der Waals surface area contributed by atoms with Gasteiger partial charge in [0.2, 0.25) is 0 Å². The van der Waals surface area contributed by atoms with Crippen LogP contribution in [0.4, 0.5) is 11.4 Å². The predicted octanol–water partition coefficient (Wildman–Crippen LogP) is 6.16. The maximum absolute atomic E-state index is 13.5. The molecule has 4 rings (SSSR count). The minimum atomic E-state index is -3.74. The average molecular weight is 431 g/mol. The SMILES string of the molecule is CC1=Nc2ccccc2C1(C)C/C=C/N(c1ccccc1)S(=O)(=O)c1ccc(C)cc1. The van der Waals surface area contributed by atoms with Gasteiger partial charge in [-0.15, -0.1) is 0 Å². The van der Waals surface area contributed by atoms with Gasteiger partial charge in [-0.1, -0.05) is 60.2 Å². The number of sulfonamides is 1. The second-order valence-corrected chi connectivity index (χ2v) is 9.90. The summed E-state index contributed by atoms with van der Waals surface area (Å²) in [7, 11) is -3.74. The molecule has 0 N–H and O–H groups in total. The second-order valence-electron chi connectivity index (χ2n) is 8.08. The van der Waals surface area contributed by atoms with Crippen molar-refractivity contribution >= 4 is 27.1 Å². The van der Waals surface area contributed by atoms with E-state index in [2.05, 4.69) is 13.0 Å². The van der Waals surface area contributed by atoms with Crippen molar-refractivity contribution in [1.82, 2.24) is 0 Å². The lowest BCUT2D eigenvalue weighted by atomic mass is 9.77.